The lowest BCUT2D eigenvalue weighted by Gasteiger charge is -2.08. The lowest BCUT2D eigenvalue weighted by atomic mass is 10.0. The number of aromatic nitrogens is 2. The van der Waals surface area contributed by atoms with Crippen LogP contribution in [0.1, 0.15) is 5.56 Å². The molecule has 0 saturated carbocycles. The molecule has 0 fully saturated rings. The molecular weight excluding hydrogens is 470 g/mol. The van der Waals surface area contributed by atoms with Gasteiger partial charge in [-0.1, -0.05) is 36.4 Å². The smallest absolute Gasteiger partial charge is 0.194 e. The fourth-order valence-corrected chi connectivity index (χ4v) is 3.38. The van der Waals surface area contributed by atoms with Crippen molar-refractivity contribution in [1.29, 1.82) is 0 Å². The Labute approximate surface area is 196 Å². The quantitative estimate of drug-likeness (QED) is 0.212. The molecule has 9 heteroatoms. The van der Waals surface area contributed by atoms with E-state index in [2.05, 4.69) is 14.7 Å². The zero-order valence-corrected chi connectivity index (χ0v) is 18.1. The lowest BCUT2D eigenvalue weighted by molar-refractivity contribution is 0.205. The third-order valence-corrected chi connectivity index (χ3v) is 5.15. The molecule has 0 bridgehead atoms. The third-order valence-electron chi connectivity index (χ3n) is 5.15. The molecule has 35 heavy (non-hydrogen) atoms. The first kappa shape index (κ1) is 24.2. The predicted octanol–water partition coefficient (Wildman–Crippen LogP) is 7.29. The van der Waals surface area contributed by atoms with E-state index in [1.54, 1.807) is 12.1 Å². The standard InChI is InChI=1S/C26H16F6N2O/c1-35-13-23(30)24(31)15-4-2-14(3-5-15)18-11-33-26(34-12-18)16-6-7-19(20(27)8-16)17-9-21(28)25(32)22(29)10-17/h2-12H,13H2,1H3/b24-23+. The van der Waals surface area contributed by atoms with E-state index in [0.717, 1.165) is 6.07 Å². The second-order valence-corrected chi connectivity index (χ2v) is 7.47. The second-order valence-electron chi connectivity index (χ2n) is 7.47. The SMILES string of the molecule is COC/C(F)=C(\F)c1ccc(-c2cnc(-c3ccc(-c4cc(F)c(F)c(F)c4)c(F)c3)nc2)cc1. The van der Waals surface area contributed by atoms with Gasteiger partial charge in [-0.15, -0.1) is 0 Å². The van der Waals surface area contributed by atoms with Crippen LogP contribution in [-0.2, 0) is 4.74 Å². The molecule has 0 N–H and O–H groups in total. The fourth-order valence-electron chi connectivity index (χ4n) is 3.38. The Morgan fingerprint density at radius 3 is 1.86 bits per heavy atom. The monoisotopic (exact) mass is 486 g/mol. The van der Waals surface area contributed by atoms with Crippen molar-refractivity contribution in [3.63, 3.8) is 0 Å². The molecule has 178 valence electrons. The summed E-state index contributed by atoms with van der Waals surface area (Å²) < 4.78 is 87.1. The van der Waals surface area contributed by atoms with Gasteiger partial charge >= 0.3 is 0 Å². The maximum atomic E-state index is 14.7. The Morgan fingerprint density at radius 2 is 1.29 bits per heavy atom. The maximum Gasteiger partial charge on any atom is 0.194 e. The minimum atomic E-state index is -1.63. The minimum absolute atomic E-state index is 0.0531. The average Bonchev–Trinajstić information content (AvgIpc) is 2.87. The molecule has 3 aromatic carbocycles. The van der Waals surface area contributed by atoms with Crippen molar-refractivity contribution in [2.24, 2.45) is 0 Å². The Hall–Kier alpha value is -3.98. The van der Waals surface area contributed by atoms with E-state index in [-0.39, 0.29) is 22.5 Å². The molecule has 1 aromatic heterocycles. The number of hydrogen-bond acceptors (Lipinski definition) is 3. The van der Waals surface area contributed by atoms with Gasteiger partial charge in [0.2, 0.25) is 0 Å². The minimum Gasteiger partial charge on any atom is -0.377 e. The zero-order chi connectivity index (χ0) is 25.1. The number of rotatable bonds is 6. The Kier molecular flexibility index (Phi) is 6.97. The van der Waals surface area contributed by atoms with E-state index in [1.807, 2.05) is 0 Å². The van der Waals surface area contributed by atoms with Crippen molar-refractivity contribution in [1.82, 2.24) is 9.97 Å². The first-order valence-electron chi connectivity index (χ1n) is 10.2. The van der Waals surface area contributed by atoms with Crippen molar-refractivity contribution in [3.05, 3.63) is 102 Å². The van der Waals surface area contributed by atoms with Crippen LogP contribution in [-0.4, -0.2) is 23.7 Å². The first-order chi connectivity index (χ1) is 16.8. The Bertz CT molecular complexity index is 1380. The van der Waals surface area contributed by atoms with E-state index >= 15 is 0 Å². The summed E-state index contributed by atoms with van der Waals surface area (Å²) >= 11 is 0. The van der Waals surface area contributed by atoms with Crippen LogP contribution in [0, 0.1) is 23.3 Å². The van der Waals surface area contributed by atoms with Gasteiger partial charge in [-0.05, 0) is 29.3 Å². The summed E-state index contributed by atoms with van der Waals surface area (Å²) in [6, 6.07) is 11.2. The van der Waals surface area contributed by atoms with Crippen LogP contribution in [0.4, 0.5) is 26.3 Å². The number of methoxy groups -OCH3 is 1. The molecule has 1 heterocycles. The molecule has 0 amide bonds. The summed E-state index contributed by atoms with van der Waals surface area (Å²) in [5, 5.41) is 0. The van der Waals surface area contributed by atoms with Crippen LogP contribution in [0.15, 0.2) is 72.8 Å². The number of ether oxygens (including phenoxy) is 1. The molecule has 0 spiro atoms. The Balaban J connectivity index is 1.56. The molecule has 4 rings (SSSR count). The van der Waals surface area contributed by atoms with Gasteiger partial charge in [-0.3, -0.25) is 0 Å². The van der Waals surface area contributed by atoms with E-state index in [1.165, 1.54) is 43.8 Å². The van der Waals surface area contributed by atoms with Gasteiger partial charge in [0.05, 0.1) is 0 Å². The van der Waals surface area contributed by atoms with Gasteiger partial charge < -0.3 is 4.74 Å². The van der Waals surface area contributed by atoms with E-state index < -0.39 is 41.5 Å². The highest BCUT2D eigenvalue weighted by Crippen LogP contribution is 2.30. The van der Waals surface area contributed by atoms with E-state index in [9.17, 15) is 26.3 Å². The molecule has 0 atom stereocenters. The van der Waals surface area contributed by atoms with Crippen molar-refractivity contribution in [2.75, 3.05) is 13.7 Å². The van der Waals surface area contributed by atoms with E-state index in [4.69, 9.17) is 0 Å². The molecular formula is C26H16F6N2O. The molecule has 0 aliphatic carbocycles. The van der Waals surface area contributed by atoms with Gasteiger partial charge in [0.25, 0.3) is 0 Å². The first-order valence-corrected chi connectivity index (χ1v) is 10.2. The van der Waals surface area contributed by atoms with Crippen LogP contribution in [0.25, 0.3) is 39.5 Å². The van der Waals surface area contributed by atoms with Crippen LogP contribution >= 0.6 is 0 Å². The lowest BCUT2D eigenvalue weighted by Crippen LogP contribution is -1.95. The topological polar surface area (TPSA) is 35.0 Å². The molecule has 3 nitrogen and oxygen atoms in total. The maximum absolute atomic E-state index is 14.7. The molecule has 0 unspecified atom stereocenters. The largest absolute Gasteiger partial charge is 0.377 e. The summed E-state index contributed by atoms with van der Waals surface area (Å²) in [6.07, 6.45) is 2.96. The highest BCUT2D eigenvalue weighted by atomic mass is 19.2. The van der Waals surface area contributed by atoms with Crippen LogP contribution in [0.3, 0.4) is 0 Å². The summed E-state index contributed by atoms with van der Waals surface area (Å²) in [5.41, 5.74) is 1.30. The van der Waals surface area contributed by atoms with Crippen molar-refractivity contribution in [2.45, 2.75) is 0 Å². The summed E-state index contributed by atoms with van der Waals surface area (Å²) in [4.78, 5) is 8.42. The van der Waals surface area contributed by atoms with E-state index in [0.29, 0.717) is 28.8 Å². The second kappa shape index (κ2) is 10.1. The Morgan fingerprint density at radius 1 is 0.714 bits per heavy atom. The zero-order valence-electron chi connectivity index (χ0n) is 18.1. The molecule has 4 aromatic rings. The average molecular weight is 486 g/mol. The van der Waals surface area contributed by atoms with Gasteiger partial charge in [0, 0.05) is 41.8 Å². The summed E-state index contributed by atoms with van der Waals surface area (Å²) in [5.74, 6) is -7.12. The van der Waals surface area contributed by atoms with Crippen LogP contribution in [0.5, 0.6) is 0 Å². The van der Waals surface area contributed by atoms with Crippen molar-refractivity contribution >= 4 is 5.83 Å². The summed E-state index contributed by atoms with van der Waals surface area (Å²) in [6.45, 7) is -0.470. The predicted molar refractivity (Wildman–Crippen MR) is 119 cm³/mol. The molecule has 0 saturated heterocycles. The van der Waals surface area contributed by atoms with Gasteiger partial charge in [-0.2, -0.15) is 0 Å². The normalized spacial score (nSPS) is 12.0. The van der Waals surface area contributed by atoms with Gasteiger partial charge in [-0.25, -0.2) is 36.3 Å². The molecule has 0 aliphatic rings. The van der Waals surface area contributed by atoms with Crippen molar-refractivity contribution < 1.29 is 31.1 Å². The van der Waals surface area contributed by atoms with Crippen molar-refractivity contribution in [3.8, 4) is 33.6 Å². The number of hydrogen-bond donors (Lipinski definition) is 0. The van der Waals surface area contributed by atoms with Crippen LogP contribution in [0.2, 0.25) is 0 Å². The van der Waals surface area contributed by atoms with Crippen LogP contribution < -0.4 is 0 Å². The third kappa shape index (κ3) is 5.09. The molecule has 0 radical (unpaired) electrons. The van der Waals surface area contributed by atoms with Gasteiger partial charge in [0.15, 0.2) is 34.9 Å². The highest BCUT2D eigenvalue weighted by molar-refractivity contribution is 5.70. The number of halogens is 6. The fraction of sp³-hybridized carbons (Fsp3) is 0.0769. The number of nitrogens with zero attached hydrogens (tertiary/aromatic N) is 2. The highest BCUT2D eigenvalue weighted by Gasteiger charge is 2.15. The summed E-state index contributed by atoms with van der Waals surface area (Å²) in [7, 11) is 1.26. The molecule has 0 aliphatic heterocycles. The number of benzene rings is 3. The van der Waals surface area contributed by atoms with Gasteiger partial charge in [0.1, 0.15) is 12.4 Å².